The Hall–Kier alpha value is -0.570. The topological polar surface area (TPSA) is 46.5 Å². The van der Waals surface area contributed by atoms with Crippen LogP contribution in [0.5, 0.6) is 0 Å². The van der Waals surface area contributed by atoms with Gasteiger partial charge in [0.25, 0.3) is 0 Å². The molecule has 0 aliphatic heterocycles. The van der Waals surface area contributed by atoms with E-state index in [1.807, 2.05) is 0 Å². The Kier molecular flexibility index (Phi) is 6.84. The standard InChI is InChI=1S/C16H30O3/c1-4-13-9-5-6-10-14(13)19-12-8-7-11-16(2,3)15(17)18/h13-14H,4-12H2,1-3H3,(H,17,18). The van der Waals surface area contributed by atoms with E-state index < -0.39 is 11.4 Å². The van der Waals surface area contributed by atoms with Gasteiger partial charge in [-0.1, -0.05) is 32.6 Å². The highest BCUT2D eigenvalue weighted by molar-refractivity contribution is 5.73. The highest BCUT2D eigenvalue weighted by Gasteiger charge is 2.26. The van der Waals surface area contributed by atoms with Crippen molar-refractivity contribution in [3.63, 3.8) is 0 Å². The third kappa shape index (κ3) is 5.52. The lowest BCUT2D eigenvalue weighted by atomic mass is 9.84. The number of hydrogen-bond donors (Lipinski definition) is 1. The number of unbranched alkanes of at least 4 members (excludes halogenated alkanes) is 1. The Morgan fingerprint density at radius 2 is 1.95 bits per heavy atom. The van der Waals surface area contributed by atoms with E-state index in [9.17, 15) is 4.79 Å². The molecule has 1 N–H and O–H groups in total. The van der Waals surface area contributed by atoms with Crippen molar-refractivity contribution in [1.82, 2.24) is 0 Å². The van der Waals surface area contributed by atoms with E-state index in [-0.39, 0.29) is 0 Å². The third-order valence-electron chi connectivity index (χ3n) is 4.47. The first-order chi connectivity index (χ1) is 8.97. The van der Waals surface area contributed by atoms with Gasteiger partial charge in [0.05, 0.1) is 11.5 Å². The Balaban J connectivity index is 2.15. The van der Waals surface area contributed by atoms with Crippen molar-refractivity contribution in [2.24, 2.45) is 11.3 Å². The average molecular weight is 270 g/mol. The highest BCUT2D eigenvalue weighted by Crippen LogP contribution is 2.29. The fourth-order valence-electron chi connectivity index (χ4n) is 2.87. The summed E-state index contributed by atoms with van der Waals surface area (Å²) in [5, 5.41) is 9.04. The van der Waals surface area contributed by atoms with Crippen LogP contribution in [0.1, 0.15) is 72.1 Å². The van der Waals surface area contributed by atoms with Gasteiger partial charge in [0.2, 0.25) is 0 Å². The number of ether oxygens (including phenoxy) is 1. The van der Waals surface area contributed by atoms with Crippen molar-refractivity contribution in [2.75, 3.05) is 6.61 Å². The van der Waals surface area contributed by atoms with Gasteiger partial charge in [0, 0.05) is 6.61 Å². The molecule has 0 aromatic rings. The summed E-state index contributed by atoms with van der Waals surface area (Å²) >= 11 is 0. The predicted molar refractivity (Wildman–Crippen MR) is 77.3 cm³/mol. The first-order valence-corrected chi connectivity index (χ1v) is 7.82. The molecule has 0 aromatic heterocycles. The molecule has 0 bridgehead atoms. The Bertz CT molecular complexity index is 273. The van der Waals surface area contributed by atoms with Gasteiger partial charge in [0.1, 0.15) is 0 Å². The van der Waals surface area contributed by atoms with Crippen molar-refractivity contribution < 1.29 is 14.6 Å². The zero-order chi connectivity index (χ0) is 14.3. The molecular formula is C16H30O3. The molecule has 112 valence electrons. The number of carboxylic acid groups (broad SMARTS) is 1. The molecule has 1 aliphatic carbocycles. The number of carboxylic acids is 1. The molecule has 1 fully saturated rings. The molecule has 3 nitrogen and oxygen atoms in total. The first kappa shape index (κ1) is 16.5. The second-order valence-corrected chi connectivity index (χ2v) is 6.51. The maximum Gasteiger partial charge on any atom is 0.309 e. The largest absolute Gasteiger partial charge is 0.481 e. The van der Waals surface area contributed by atoms with Crippen LogP contribution in [0, 0.1) is 11.3 Å². The summed E-state index contributed by atoms with van der Waals surface area (Å²) in [6, 6.07) is 0. The molecule has 19 heavy (non-hydrogen) atoms. The number of carbonyl (C=O) groups is 1. The van der Waals surface area contributed by atoms with E-state index in [0.29, 0.717) is 6.10 Å². The van der Waals surface area contributed by atoms with Crippen LogP contribution < -0.4 is 0 Å². The Morgan fingerprint density at radius 3 is 2.58 bits per heavy atom. The van der Waals surface area contributed by atoms with Crippen LogP contribution in [-0.4, -0.2) is 23.8 Å². The van der Waals surface area contributed by atoms with Gasteiger partial charge in [0.15, 0.2) is 0 Å². The third-order valence-corrected chi connectivity index (χ3v) is 4.47. The Labute approximate surface area is 117 Å². The minimum Gasteiger partial charge on any atom is -0.481 e. The van der Waals surface area contributed by atoms with Gasteiger partial charge < -0.3 is 9.84 Å². The summed E-state index contributed by atoms with van der Waals surface area (Å²) in [4.78, 5) is 11.0. The van der Waals surface area contributed by atoms with Crippen LogP contribution in [0.3, 0.4) is 0 Å². The molecule has 2 unspecified atom stereocenters. The SMILES string of the molecule is CCC1CCCCC1OCCCCC(C)(C)C(=O)O. The Morgan fingerprint density at radius 1 is 1.26 bits per heavy atom. The van der Waals surface area contributed by atoms with E-state index in [1.165, 1.54) is 32.1 Å². The van der Waals surface area contributed by atoms with Crippen LogP contribution in [0.15, 0.2) is 0 Å². The van der Waals surface area contributed by atoms with Crippen LogP contribution in [0.25, 0.3) is 0 Å². The van der Waals surface area contributed by atoms with Crippen molar-refractivity contribution in [3.05, 3.63) is 0 Å². The van der Waals surface area contributed by atoms with Crippen LogP contribution in [0.2, 0.25) is 0 Å². The smallest absolute Gasteiger partial charge is 0.309 e. The minimum absolute atomic E-state index is 0.450. The summed E-state index contributed by atoms with van der Waals surface area (Å²) in [6.07, 6.45) is 9.48. The lowest BCUT2D eigenvalue weighted by molar-refractivity contribution is -0.147. The molecule has 0 saturated heterocycles. The fourth-order valence-corrected chi connectivity index (χ4v) is 2.87. The molecule has 2 atom stereocenters. The average Bonchev–Trinajstić information content (AvgIpc) is 2.38. The molecule has 0 spiro atoms. The van der Waals surface area contributed by atoms with Crippen LogP contribution in [-0.2, 0) is 9.53 Å². The van der Waals surface area contributed by atoms with Gasteiger partial charge >= 0.3 is 5.97 Å². The zero-order valence-corrected chi connectivity index (χ0v) is 12.8. The molecular weight excluding hydrogens is 240 g/mol. The normalized spacial score (nSPS) is 24.4. The van der Waals surface area contributed by atoms with E-state index in [4.69, 9.17) is 9.84 Å². The monoisotopic (exact) mass is 270 g/mol. The quantitative estimate of drug-likeness (QED) is 0.671. The van der Waals surface area contributed by atoms with E-state index >= 15 is 0 Å². The van der Waals surface area contributed by atoms with Crippen LogP contribution in [0.4, 0.5) is 0 Å². The molecule has 3 heteroatoms. The van der Waals surface area contributed by atoms with Gasteiger partial charge in [-0.15, -0.1) is 0 Å². The summed E-state index contributed by atoms with van der Waals surface area (Å²) in [7, 11) is 0. The minimum atomic E-state index is -0.702. The van der Waals surface area contributed by atoms with Crippen molar-refractivity contribution >= 4 is 5.97 Å². The summed E-state index contributed by atoms with van der Waals surface area (Å²) in [5.74, 6) is 0.0379. The number of hydrogen-bond acceptors (Lipinski definition) is 2. The molecule has 0 amide bonds. The van der Waals surface area contributed by atoms with E-state index in [0.717, 1.165) is 31.8 Å². The second kappa shape index (κ2) is 7.88. The van der Waals surface area contributed by atoms with E-state index in [1.54, 1.807) is 13.8 Å². The lowest BCUT2D eigenvalue weighted by Gasteiger charge is -2.30. The van der Waals surface area contributed by atoms with Gasteiger partial charge in [-0.05, 0) is 45.4 Å². The van der Waals surface area contributed by atoms with Gasteiger partial charge in [-0.25, -0.2) is 0 Å². The molecule has 0 aromatic carbocycles. The van der Waals surface area contributed by atoms with Crippen molar-refractivity contribution in [1.29, 1.82) is 0 Å². The van der Waals surface area contributed by atoms with E-state index in [2.05, 4.69) is 6.92 Å². The molecule has 1 rings (SSSR count). The molecule has 1 aliphatic rings. The van der Waals surface area contributed by atoms with Crippen molar-refractivity contribution in [2.45, 2.75) is 78.2 Å². The molecule has 1 saturated carbocycles. The molecule has 0 heterocycles. The summed E-state index contributed by atoms with van der Waals surface area (Å²) in [6.45, 7) is 6.63. The second-order valence-electron chi connectivity index (χ2n) is 6.51. The van der Waals surface area contributed by atoms with Gasteiger partial charge in [-0.3, -0.25) is 4.79 Å². The van der Waals surface area contributed by atoms with Crippen molar-refractivity contribution in [3.8, 4) is 0 Å². The maximum atomic E-state index is 11.0. The maximum absolute atomic E-state index is 11.0. The molecule has 0 radical (unpaired) electrons. The summed E-state index contributed by atoms with van der Waals surface area (Å²) < 4.78 is 6.01. The fraction of sp³-hybridized carbons (Fsp3) is 0.938. The lowest BCUT2D eigenvalue weighted by Crippen LogP contribution is -2.28. The highest BCUT2D eigenvalue weighted by atomic mass is 16.5. The first-order valence-electron chi connectivity index (χ1n) is 7.82. The zero-order valence-electron chi connectivity index (χ0n) is 12.8. The van der Waals surface area contributed by atoms with Crippen LogP contribution >= 0.6 is 0 Å². The van der Waals surface area contributed by atoms with Gasteiger partial charge in [-0.2, -0.15) is 0 Å². The summed E-state index contributed by atoms with van der Waals surface area (Å²) in [5.41, 5.74) is -0.600. The number of rotatable bonds is 8. The number of aliphatic carboxylic acids is 1. The predicted octanol–water partition coefficient (Wildman–Crippen LogP) is 4.25.